The second-order valence-electron chi connectivity index (χ2n) is 3.72. The van der Waals surface area contributed by atoms with Crippen molar-refractivity contribution < 1.29 is 0 Å². The number of unbranched alkanes of at least 4 members (excludes halogenated alkanes) is 1. The van der Waals surface area contributed by atoms with E-state index in [1.165, 1.54) is 24.0 Å². The topological polar surface area (TPSA) is 0 Å². The first-order valence-corrected chi connectivity index (χ1v) is 5.72. The van der Waals surface area contributed by atoms with Crippen LogP contribution in [0.3, 0.4) is 0 Å². The largest absolute Gasteiger partial charge is 0.0617 e. The molecule has 0 nitrogen and oxygen atoms in total. The molecule has 0 fully saturated rings. The molecule has 0 heterocycles. The van der Waals surface area contributed by atoms with Crippen molar-refractivity contribution >= 4 is 0 Å². The highest BCUT2D eigenvalue weighted by Crippen LogP contribution is 2.18. The minimum Gasteiger partial charge on any atom is -0.0617 e. The van der Waals surface area contributed by atoms with E-state index >= 15 is 0 Å². The van der Waals surface area contributed by atoms with E-state index in [4.69, 9.17) is 0 Å². The van der Waals surface area contributed by atoms with Gasteiger partial charge in [0.05, 0.1) is 0 Å². The summed E-state index contributed by atoms with van der Waals surface area (Å²) in [6.07, 6.45) is 5.77. The van der Waals surface area contributed by atoms with E-state index in [1.54, 1.807) is 5.56 Å². The van der Waals surface area contributed by atoms with Crippen molar-refractivity contribution in [1.29, 1.82) is 0 Å². The lowest BCUT2D eigenvalue weighted by atomic mass is 9.94. The van der Waals surface area contributed by atoms with Gasteiger partial charge in [0.25, 0.3) is 0 Å². The quantitative estimate of drug-likeness (QED) is 0.657. The van der Waals surface area contributed by atoms with Gasteiger partial charge in [-0.15, -0.1) is 0 Å². The summed E-state index contributed by atoms with van der Waals surface area (Å²) in [6.45, 7) is 8.39. The highest BCUT2D eigenvalue weighted by Gasteiger charge is 2.04. The van der Waals surface area contributed by atoms with Gasteiger partial charge in [-0.2, -0.15) is 0 Å². The SMILES string of the molecule is [CH2]CCCc1c(CC)cccc1CC. The Kier molecular flexibility index (Phi) is 4.72. The smallest absolute Gasteiger partial charge is 0.0273 e. The molecule has 0 aliphatic heterocycles. The maximum atomic E-state index is 3.91. The van der Waals surface area contributed by atoms with Crippen LogP contribution in [0.15, 0.2) is 18.2 Å². The summed E-state index contributed by atoms with van der Waals surface area (Å²) in [6, 6.07) is 6.71. The summed E-state index contributed by atoms with van der Waals surface area (Å²) < 4.78 is 0. The van der Waals surface area contributed by atoms with Crippen molar-refractivity contribution in [2.45, 2.75) is 46.0 Å². The molecule has 0 aliphatic rings. The molecule has 77 valence electrons. The fraction of sp³-hybridized carbons (Fsp3) is 0.500. The minimum atomic E-state index is 1.04. The summed E-state index contributed by atoms with van der Waals surface area (Å²) in [5, 5.41) is 0. The van der Waals surface area contributed by atoms with E-state index in [-0.39, 0.29) is 0 Å². The minimum absolute atomic E-state index is 1.04. The maximum Gasteiger partial charge on any atom is -0.0273 e. The maximum absolute atomic E-state index is 3.91. The lowest BCUT2D eigenvalue weighted by Gasteiger charge is -2.12. The molecule has 0 spiro atoms. The van der Waals surface area contributed by atoms with Crippen LogP contribution in [0.2, 0.25) is 0 Å². The summed E-state index contributed by atoms with van der Waals surface area (Å²) in [4.78, 5) is 0. The zero-order valence-electron chi connectivity index (χ0n) is 9.47. The van der Waals surface area contributed by atoms with Gasteiger partial charge < -0.3 is 0 Å². The molecule has 0 aromatic heterocycles. The highest BCUT2D eigenvalue weighted by molar-refractivity contribution is 5.35. The first kappa shape index (κ1) is 11.3. The zero-order chi connectivity index (χ0) is 10.4. The van der Waals surface area contributed by atoms with Crippen LogP contribution in [0.4, 0.5) is 0 Å². The van der Waals surface area contributed by atoms with Crippen molar-refractivity contribution in [2.24, 2.45) is 0 Å². The number of aryl methyl sites for hydroxylation is 2. The van der Waals surface area contributed by atoms with Gasteiger partial charge in [0.1, 0.15) is 0 Å². The first-order valence-electron chi connectivity index (χ1n) is 5.72. The molecule has 0 N–H and O–H groups in total. The molecule has 1 radical (unpaired) electrons. The molecule has 0 saturated heterocycles. The summed E-state index contributed by atoms with van der Waals surface area (Å²) in [7, 11) is 0. The third-order valence-electron chi connectivity index (χ3n) is 2.81. The molecule has 0 atom stereocenters. The zero-order valence-corrected chi connectivity index (χ0v) is 9.47. The molecular weight excluding hydrogens is 168 g/mol. The molecule has 14 heavy (non-hydrogen) atoms. The van der Waals surface area contributed by atoms with E-state index in [1.807, 2.05) is 0 Å². The third-order valence-corrected chi connectivity index (χ3v) is 2.81. The molecule has 0 amide bonds. The number of hydrogen-bond donors (Lipinski definition) is 0. The van der Waals surface area contributed by atoms with E-state index in [9.17, 15) is 0 Å². The van der Waals surface area contributed by atoms with Crippen LogP contribution in [0.1, 0.15) is 43.4 Å². The summed E-state index contributed by atoms with van der Waals surface area (Å²) >= 11 is 0. The Bertz CT molecular complexity index is 251. The summed E-state index contributed by atoms with van der Waals surface area (Å²) in [5.74, 6) is 0. The van der Waals surface area contributed by atoms with Gasteiger partial charge in [0, 0.05) is 0 Å². The van der Waals surface area contributed by atoms with Crippen LogP contribution in [0, 0.1) is 6.92 Å². The molecule has 0 saturated carbocycles. The highest BCUT2D eigenvalue weighted by atomic mass is 14.1. The Labute approximate surface area is 88.4 Å². The lowest BCUT2D eigenvalue weighted by molar-refractivity contribution is 0.816. The van der Waals surface area contributed by atoms with E-state index in [0.29, 0.717) is 0 Å². The Morgan fingerprint density at radius 1 is 1.07 bits per heavy atom. The van der Waals surface area contributed by atoms with Gasteiger partial charge in [0.2, 0.25) is 0 Å². The van der Waals surface area contributed by atoms with Crippen LogP contribution in [0.25, 0.3) is 0 Å². The van der Waals surface area contributed by atoms with Gasteiger partial charge in [-0.1, -0.05) is 45.4 Å². The van der Waals surface area contributed by atoms with Crippen molar-refractivity contribution in [2.75, 3.05) is 0 Å². The van der Waals surface area contributed by atoms with Gasteiger partial charge in [-0.3, -0.25) is 0 Å². The molecule has 1 aromatic rings. The van der Waals surface area contributed by atoms with Crippen LogP contribution in [-0.2, 0) is 19.3 Å². The Hall–Kier alpha value is -0.780. The predicted octanol–water partition coefficient (Wildman–Crippen LogP) is 3.97. The average Bonchev–Trinajstić information content (AvgIpc) is 2.25. The van der Waals surface area contributed by atoms with Crippen LogP contribution in [0.5, 0.6) is 0 Å². The monoisotopic (exact) mass is 189 g/mol. The molecule has 1 aromatic carbocycles. The fourth-order valence-corrected chi connectivity index (χ4v) is 1.97. The van der Waals surface area contributed by atoms with Crippen molar-refractivity contribution in [3.8, 4) is 0 Å². The normalized spacial score (nSPS) is 10.5. The molecular formula is C14H21. The standard InChI is InChI=1S/C14H21/c1-4-7-11-14-12(5-2)9-8-10-13(14)6-3/h8-10H,1,4-7,11H2,2-3H3. The molecule has 0 aliphatic carbocycles. The van der Waals surface area contributed by atoms with Gasteiger partial charge in [-0.05, 0) is 42.4 Å². The number of hydrogen-bond acceptors (Lipinski definition) is 0. The Morgan fingerprint density at radius 2 is 1.64 bits per heavy atom. The first-order chi connectivity index (χ1) is 6.83. The van der Waals surface area contributed by atoms with E-state index in [2.05, 4.69) is 39.0 Å². The van der Waals surface area contributed by atoms with Gasteiger partial charge >= 0.3 is 0 Å². The van der Waals surface area contributed by atoms with Gasteiger partial charge in [-0.25, -0.2) is 0 Å². The molecule has 0 bridgehead atoms. The van der Waals surface area contributed by atoms with Crippen LogP contribution >= 0.6 is 0 Å². The van der Waals surface area contributed by atoms with E-state index in [0.717, 1.165) is 19.3 Å². The van der Waals surface area contributed by atoms with E-state index < -0.39 is 0 Å². The van der Waals surface area contributed by atoms with Crippen molar-refractivity contribution in [3.63, 3.8) is 0 Å². The van der Waals surface area contributed by atoms with Crippen LogP contribution < -0.4 is 0 Å². The molecule has 0 heteroatoms. The lowest BCUT2D eigenvalue weighted by Crippen LogP contribution is -1.98. The second-order valence-corrected chi connectivity index (χ2v) is 3.72. The second kappa shape index (κ2) is 5.85. The predicted molar refractivity (Wildman–Crippen MR) is 63.5 cm³/mol. The Balaban J connectivity index is 2.93. The fourth-order valence-electron chi connectivity index (χ4n) is 1.97. The Morgan fingerprint density at radius 3 is 2.07 bits per heavy atom. The van der Waals surface area contributed by atoms with Crippen molar-refractivity contribution in [1.82, 2.24) is 0 Å². The number of rotatable bonds is 5. The van der Waals surface area contributed by atoms with Crippen LogP contribution in [-0.4, -0.2) is 0 Å². The third kappa shape index (κ3) is 2.60. The molecule has 1 rings (SSSR count). The van der Waals surface area contributed by atoms with Gasteiger partial charge in [0.15, 0.2) is 0 Å². The molecule has 0 unspecified atom stereocenters. The van der Waals surface area contributed by atoms with Crippen molar-refractivity contribution in [3.05, 3.63) is 41.8 Å². The number of benzene rings is 1. The average molecular weight is 189 g/mol. The summed E-state index contributed by atoms with van der Waals surface area (Å²) in [5.41, 5.74) is 4.64.